The van der Waals surface area contributed by atoms with Crippen LogP contribution in [-0.4, -0.2) is 15.9 Å². The minimum absolute atomic E-state index is 0.274. The van der Waals surface area contributed by atoms with Crippen molar-refractivity contribution in [3.05, 3.63) is 77.2 Å². The van der Waals surface area contributed by atoms with E-state index in [1.807, 2.05) is 38.1 Å². The molecule has 0 aliphatic carbocycles. The van der Waals surface area contributed by atoms with Crippen molar-refractivity contribution >= 4 is 23.1 Å². The minimum atomic E-state index is -0.277. The summed E-state index contributed by atoms with van der Waals surface area (Å²) in [6, 6.07) is 14.1. The van der Waals surface area contributed by atoms with Crippen molar-refractivity contribution < 1.29 is 4.79 Å². The van der Waals surface area contributed by atoms with E-state index < -0.39 is 0 Å². The molecule has 1 heterocycles. The fraction of sp³-hybridized carbons (Fsp3) is 0.190. The number of hydrogen-bond acceptors (Lipinski definition) is 4. The van der Waals surface area contributed by atoms with E-state index in [0.29, 0.717) is 5.82 Å². The van der Waals surface area contributed by atoms with Gasteiger partial charge in [0.25, 0.3) is 5.91 Å². The molecule has 0 fully saturated rings. The molecule has 0 radical (unpaired) electrons. The Morgan fingerprint density at radius 2 is 1.62 bits per heavy atom. The highest BCUT2D eigenvalue weighted by molar-refractivity contribution is 6.02. The van der Waals surface area contributed by atoms with Crippen molar-refractivity contribution in [1.29, 1.82) is 0 Å². The third-order valence-corrected chi connectivity index (χ3v) is 4.00. The molecule has 5 nitrogen and oxygen atoms in total. The summed E-state index contributed by atoms with van der Waals surface area (Å²) in [5, 5.41) is 6.04. The Labute approximate surface area is 153 Å². The van der Waals surface area contributed by atoms with Crippen LogP contribution in [0.1, 0.15) is 34.1 Å². The number of amides is 1. The summed E-state index contributed by atoms with van der Waals surface area (Å²) in [7, 11) is 0. The number of anilines is 3. The average Bonchev–Trinajstić information content (AvgIpc) is 2.62. The van der Waals surface area contributed by atoms with E-state index in [1.165, 1.54) is 11.8 Å². The molecule has 0 aliphatic rings. The largest absolute Gasteiger partial charge is 0.339 e. The van der Waals surface area contributed by atoms with Crippen LogP contribution in [0.25, 0.3) is 0 Å². The lowest BCUT2D eigenvalue weighted by atomic mass is 10.1. The van der Waals surface area contributed by atoms with Gasteiger partial charge in [-0.2, -0.15) is 0 Å². The second kappa shape index (κ2) is 7.78. The third kappa shape index (κ3) is 4.45. The van der Waals surface area contributed by atoms with Crippen LogP contribution in [0.2, 0.25) is 0 Å². The van der Waals surface area contributed by atoms with Crippen molar-refractivity contribution in [2.45, 2.75) is 27.2 Å². The van der Waals surface area contributed by atoms with Gasteiger partial charge in [-0.05, 0) is 61.2 Å². The van der Waals surface area contributed by atoms with Crippen molar-refractivity contribution in [3.8, 4) is 0 Å². The number of aryl methyl sites for hydroxylation is 3. The number of aromatic nitrogens is 2. The van der Waals surface area contributed by atoms with Gasteiger partial charge in [-0.1, -0.05) is 25.1 Å². The lowest BCUT2D eigenvalue weighted by molar-refractivity contribution is 0.102. The van der Waals surface area contributed by atoms with Crippen LogP contribution < -0.4 is 10.6 Å². The van der Waals surface area contributed by atoms with E-state index >= 15 is 0 Å². The molecule has 0 saturated carbocycles. The Balaban J connectivity index is 1.67. The van der Waals surface area contributed by atoms with Crippen molar-refractivity contribution in [1.82, 2.24) is 9.97 Å². The lowest BCUT2D eigenvalue weighted by Crippen LogP contribution is -2.14. The molecule has 0 bridgehead atoms. The van der Waals surface area contributed by atoms with Crippen molar-refractivity contribution in [2.24, 2.45) is 0 Å². The van der Waals surface area contributed by atoms with Crippen LogP contribution in [0.5, 0.6) is 0 Å². The maximum absolute atomic E-state index is 12.3. The van der Waals surface area contributed by atoms with E-state index in [1.54, 1.807) is 6.20 Å². The molecule has 2 N–H and O–H groups in total. The predicted molar refractivity (Wildman–Crippen MR) is 105 cm³/mol. The molecule has 132 valence electrons. The van der Waals surface area contributed by atoms with Gasteiger partial charge in [-0.3, -0.25) is 4.79 Å². The van der Waals surface area contributed by atoms with Gasteiger partial charge in [-0.25, -0.2) is 9.97 Å². The molecular formula is C21H22N4O. The average molecular weight is 346 g/mol. The quantitative estimate of drug-likeness (QED) is 0.705. The summed E-state index contributed by atoms with van der Waals surface area (Å²) in [6.07, 6.45) is 4.04. The number of hydrogen-bond donors (Lipinski definition) is 2. The fourth-order valence-electron chi connectivity index (χ4n) is 2.72. The molecule has 3 aromatic rings. The highest BCUT2D eigenvalue weighted by Crippen LogP contribution is 2.16. The van der Waals surface area contributed by atoms with E-state index in [2.05, 4.69) is 45.7 Å². The normalized spacial score (nSPS) is 10.4. The lowest BCUT2D eigenvalue weighted by Gasteiger charge is -2.08. The molecule has 5 heteroatoms. The van der Waals surface area contributed by atoms with Crippen LogP contribution in [0.4, 0.5) is 17.2 Å². The summed E-state index contributed by atoms with van der Waals surface area (Å²) in [5.41, 5.74) is 5.44. The highest BCUT2D eigenvalue weighted by atomic mass is 16.1. The standard InChI is InChI=1S/C21H22N4O/c1-4-16-5-7-17(8-6-16)24-20-13-22-19(12-23-20)21(26)25-18-10-14(2)9-15(3)11-18/h5-13H,4H2,1-3H3,(H,23,24)(H,25,26). The van der Waals surface area contributed by atoms with Gasteiger partial charge >= 0.3 is 0 Å². The third-order valence-electron chi connectivity index (χ3n) is 4.00. The van der Waals surface area contributed by atoms with E-state index in [9.17, 15) is 4.79 Å². The number of nitrogens with zero attached hydrogens (tertiary/aromatic N) is 2. The van der Waals surface area contributed by atoms with Gasteiger partial charge < -0.3 is 10.6 Å². The summed E-state index contributed by atoms with van der Waals surface area (Å²) < 4.78 is 0. The van der Waals surface area contributed by atoms with E-state index in [-0.39, 0.29) is 11.6 Å². The second-order valence-corrected chi connectivity index (χ2v) is 6.29. The highest BCUT2D eigenvalue weighted by Gasteiger charge is 2.09. The first-order valence-electron chi connectivity index (χ1n) is 8.61. The zero-order chi connectivity index (χ0) is 18.5. The molecule has 1 amide bonds. The summed E-state index contributed by atoms with van der Waals surface area (Å²) in [4.78, 5) is 20.8. The van der Waals surface area contributed by atoms with Gasteiger partial charge in [0.2, 0.25) is 0 Å². The van der Waals surface area contributed by atoms with Crippen LogP contribution in [-0.2, 0) is 6.42 Å². The zero-order valence-electron chi connectivity index (χ0n) is 15.2. The van der Waals surface area contributed by atoms with Crippen LogP contribution in [0, 0.1) is 13.8 Å². The molecular weight excluding hydrogens is 324 g/mol. The van der Waals surface area contributed by atoms with Crippen LogP contribution in [0.3, 0.4) is 0 Å². The van der Waals surface area contributed by atoms with Gasteiger partial charge in [0.05, 0.1) is 12.4 Å². The van der Waals surface area contributed by atoms with Gasteiger partial charge in [0.1, 0.15) is 11.5 Å². The second-order valence-electron chi connectivity index (χ2n) is 6.29. The first-order chi connectivity index (χ1) is 12.5. The summed E-state index contributed by atoms with van der Waals surface area (Å²) in [5.74, 6) is 0.318. The zero-order valence-corrected chi connectivity index (χ0v) is 15.2. The smallest absolute Gasteiger partial charge is 0.275 e. The number of carbonyl (C=O) groups excluding carboxylic acids is 1. The maximum Gasteiger partial charge on any atom is 0.275 e. The monoisotopic (exact) mass is 346 g/mol. The van der Waals surface area contributed by atoms with Crippen molar-refractivity contribution in [3.63, 3.8) is 0 Å². The molecule has 0 atom stereocenters. The summed E-state index contributed by atoms with van der Waals surface area (Å²) in [6.45, 7) is 6.11. The number of nitrogens with one attached hydrogen (secondary N) is 2. The fourth-order valence-corrected chi connectivity index (χ4v) is 2.72. The Hall–Kier alpha value is -3.21. The molecule has 0 saturated heterocycles. The Morgan fingerprint density at radius 3 is 2.19 bits per heavy atom. The Bertz CT molecular complexity index is 882. The first kappa shape index (κ1) is 17.6. The maximum atomic E-state index is 12.3. The number of rotatable bonds is 5. The van der Waals surface area contributed by atoms with Crippen molar-refractivity contribution in [2.75, 3.05) is 10.6 Å². The molecule has 0 spiro atoms. The molecule has 3 rings (SSSR count). The molecule has 0 unspecified atom stereocenters. The van der Waals surface area contributed by atoms with Crippen LogP contribution >= 0.6 is 0 Å². The van der Waals surface area contributed by atoms with E-state index in [0.717, 1.165) is 28.9 Å². The molecule has 26 heavy (non-hydrogen) atoms. The minimum Gasteiger partial charge on any atom is -0.339 e. The van der Waals surface area contributed by atoms with Gasteiger partial charge in [0, 0.05) is 11.4 Å². The van der Waals surface area contributed by atoms with Crippen LogP contribution in [0.15, 0.2) is 54.9 Å². The first-order valence-corrected chi connectivity index (χ1v) is 8.61. The summed E-state index contributed by atoms with van der Waals surface area (Å²) >= 11 is 0. The topological polar surface area (TPSA) is 66.9 Å². The number of carbonyl (C=O) groups is 1. The van der Waals surface area contributed by atoms with Gasteiger partial charge in [0.15, 0.2) is 0 Å². The Morgan fingerprint density at radius 1 is 0.923 bits per heavy atom. The Kier molecular flexibility index (Phi) is 5.27. The van der Waals surface area contributed by atoms with E-state index in [4.69, 9.17) is 0 Å². The molecule has 1 aromatic heterocycles. The molecule has 2 aromatic carbocycles. The molecule has 0 aliphatic heterocycles. The predicted octanol–water partition coefficient (Wildman–Crippen LogP) is 4.65. The SMILES string of the molecule is CCc1ccc(Nc2cnc(C(=O)Nc3cc(C)cc(C)c3)cn2)cc1. The van der Waals surface area contributed by atoms with Gasteiger partial charge in [-0.15, -0.1) is 0 Å². The number of benzene rings is 2.